The lowest BCUT2D eigenvalue weighted by atomic mass is 10.1. The van der Waals surface area contributed by atoms with Crippen LogP contribution in [0.1, 0.15) is 27.3 Å². The number of carboxylic acids is 1. The summed E-state index contributed by atoms with van der Waals surface area (Å²) in [7, 11) is 1.79. The van der Waals surface area contributed by atoms with E-state index in [0.717, 1.165) is 11.3 Å². The van der Waals surface area contributed by atoms with Crippen molar-refractivity contribution in [3.05, 3.63) is 40.7 Å². The summed E-state index contributed by atoms with van der Waals surface area (Å²) in [5.74, 6) is -0.824. The van der Waals surface area contributed by atoms with Crippen molar-refractivity contribution in [1.82, 2.24) is 9.78 Å². The third kappa shape index (κ3) is 3.68. The minimum Gasteiger partial charge on any atom is -0.482 e. The number of nitrogens with zero attached hydrogens (tertiary/aromatic N) is 2. The summed E-state index contributed by atoms with van der Waals surface area (Å²) in [6.07, 6.45) is 0. The zero-order valence-electron chi connectivity index (χ0n) is 13.5. The highest BCUT2D eigenvalue weighted by atomic mass is 16.5. The van der Waals surface area contributed by atoms with Gasteiger partial charge in [-0.2, -0.15) is 5.10 Å². The zero-order chi connectivity index (χ0) is 17.1. The lowest BCUT2D eigenvalue weighted by molar-refractivity contribution is -0.139. The largest absolute Gasteiger partial charge is 0.482 e. The van der Waals surface area contributed by atoms with Gasteiger partial charge >= 0.3 is 5.97 Å². The summed E-state index contributed by atoms with van der Waals surface area (Å²) in [6, 6.07) is 4.99. The van der Waals surface area contributed by atoms with E-state index in [0.29, 0.717) is 22.7 Å². The lowest BCUT2D eigenvalue weighted by Crippen LogP contribution is -2.15. The van der Waals surface area contributed by atoms with Crippen LogP contribution in [-0.4, -0.2) is 33.4 Å². The van der Waals surface area contributed by atoms with E-state index in [1.165, 1.54) is 0 Å². The Morgan fingerprint density at radius 2 is 2.00 bits per heavy atom. The van der Waals surface area contributed by atoms with Crippen molar-refractivity contribution in [2.45, 2.75) is 20.8 Å². The Labute approximate surface area is 133 Å². The Bertz CT molecular complexity index is 765. The molecule has 1 aromatic carbocycles. The molecule has 0 bridgehead atoms. The molecule has 0 saturated carbocycles. The Morgan fingerprint density at radius 3 is 2.52 bits per heavy atom. The molecule has 23 heavy (non-hydrogen) atoms. The van der Waals surface area contributed by atoms with Gasteiger partial charge < -0.3 is 15.2 Å². The van der Waals surface area contributed by atoms with Crippen molar-refractivity contribution in [3.63, 3.8) is 0 Å². The summed E-state index contributed by atoms with van der Waals surface area (Å²) in [6.45, 7) is 5.04. The van der Waals surface area contributed by atoms with Gasteiger partial charge in [0.05, 0.1) is 11.3 Å². The fourth-order valence-corrected chi connectivity index (χ4v) is 2.30. The smallest absolute Gasteiger partial charge is 0.341 e. The number of carbonyl (C=O) groups is 2. The summed E-state index contributed by atoms with van der Waals surface area (Å²) < 4.78 is 6.78. The van der Waals surface area contributed by atoms with Crippen LogP contribution >= 0.6 is 0 Å². The van der Waals surface area contributed by atoms with Crippen LogP contribution in [0.2, 0.25) is 0 Å². The van der Waals surface area contributed by atoms with E-state index in [9.17, 15) is 9.59 Å². The first-order valence-electron chi connectivity index (χ1n) is 7.06. The van der Waals surface area contributed by atoms with Crippen LogP contribution in [0.3, 0.4) is 0 Å². The number of amides is 1. The Kier molecular flexibility index (Phi) is 4.68. The monoisotopic (exact) mass is 317 g/mol. The molecule has 0 aliphatic carbocycles. The second kappa shape index (κ2) is 6.51. The Morgan fingerprint density at radius 1 is 1.30 bits per heavy atom. The van der Waals surface area contributed by atoms with Gasteiger partial charge in [0.25, 0.3) is 5.91 Å². The molecule has 0 unspecified atom stereocenters. The molecule has 0 spiro atoms. The van der Waals surface area contributed by atoms with Crippen molar-refractivity contribution >= 4 is 17.6 Å². The summed E-state index contributed by atoms with van der Waals surface area (Å²) in [4.78, 5) is 23.0. The van der Waals surface area contributed by atoms with Crippen LogP contribution in [0.5, 0.6) is 5.75 Å². The number of benzene rings is 1. The highest BCUT2D eigenvalue weighted by molar-refractivity contribution is 6.06. The lowest BCUT2D eigenvalue weighted by Gasteiger charge is -2.11. The number of carboxylic acid groups (broad SMARTS) is 1. The molecule has 0 aliphatic heterocycles. The average molecular weight is 317 g/mol. The predicted molar refractivity (Wildman–Crippen MR) is 84.9 cm³/mol. The highest BCUT2D eigenvalue weighted by Crippen LogP contribution is 2.23. The maximum absolute atomic E-state index is 12.4. The number of aliphatic carboxylic acids is 1. The first kappa shape index (κ1) is 16.5. The molecular weight excluding hydrogens is 298 g/mol. The first-order chi connectivity index (χ1) is 10.8. The third-order valence-electron chi connectivity index (χ3n) is 3.54. The highest BCUT2D eigenvalue weighted by Gasteiger charge is 2.18. The number of hydrogen-bond donors (Lipinski definition) is 2. The third-order valence-corrected chi connectivity index (χ3v) is 3.54. The van der Waals surface area contributed by atoms with Gasteiger partial charge in [-0.1, -0.05) is 0 Å². The van der Waals surface area contributed by atoms with Crippen LogP contribution < -0.4 is 10.1 Å². The standard InChI is InChI=1S/C16H19N3O4/c1-9-7-12(23-8-14(20)21)5-6-13(9)17-16(22)15-10(2)18-19(4)11(15)3/h5-7H,8H2,1-4H3,(H,17,22)(H,20,21). The van der Waals surface area contributed by atoms with E-state index >= 15 is 0 Å². The maximum Gasteiger partial charge on any atom is 0.341 e. The fraction of sp³-hybridized carbons (Fsp3) is 0.312. The zero-order valence-corrected chi connectivity index (χ0v) is 13.5. The van der Waals surface area contributed by atoms with Crippen LogP contribution in [0.4, 0.5) is 5.69 Å². The number of rotatable bonds is 5. The Hall–Kier alpha value is -2.83. The van der Waals surface area contributed by atoms with E-state index in [1.807, 2.05) is 13.8 Å². The van der Waals surface area contributed by atoms with Gasteiger partial charge in [-0.3, -0.25) is 9.48 Å². The van der Waals surface area contributed by atoms with Crippen LogP contribution in [0, 0.1) is 20.8 Å². The van der Waals surface area contributed by atoms with E-state index in [-0.39, 0.29) is 5.91 Å². The molecule has 0 aliphatic rings. The van der Waals surface area contributed by atoms with Crippen LogP contribution in [-0.2, 0) is 11.8 Å². The van der Waals surface area contributed by atoms with Crippen molar-refractivity contribution < 1.29 is 19.4 Å². The fourth-order valence-electron chi connectivity index (χ4n) is 2.30. The molecule has 1 amide bonds. The minimum atomic E-state index is -1.04. The van der Waals surface area contributed by atoms with E-state index in [2.05, 4.69) is 10.4 Å². The first-order valence-corrected chi connectivity index (χ1v) is 7.06. The molecule has 2 rings (SSSR count). The molecule has 7 nitrogen and oxygen atoms in total. The van der Waals surface area contributed by atoms with Crippen molar-refractivity contribution in [1.29, 1.82) is 0 Å². The molecule has 0 radical (unpaired) electrons. The number of anilines is 1. The summed E-state index contributed by atoms with van der Waals surface area (Å²) in [5.41, 5.74) is 3.43. The number of aryl methyl sites for hydroxylation is 3. The predicted octanol–water partition coefficient (Wildman–Crippen LogP) is 2.06. The summed E-state index contributed by atoms with van der Waals surface area (Å²) in [5, 5.41) is 15.7. The molecular formula is C16H19N3O4. The van der Waals surface area contributed by atoms with Crippen molar-refractivity contribution in [2.75, 3.05) is 11.9 Å². The normalized spacial score (nSPS) is 10.4. The summed E-state index contributed by atoms with van der Waals surface area (Å²) >= 11 is 0. The van der Waals surface area contributed by atoms with Crippen LogP contribution in [0.15, 0.2) is 18.2 Å². The molecule has 0 atom stereocenters. The van der Waals surface area contributed by atoms with Crippen molar-refractivity contribution in [3.8, 4) is 5.75 Å². The second-order valence-corrected chi connectivity index (χ2v) is 5.28. The van der Waals surface area contributed by atoms with Gasteiger partial charge in [-0.05, 0) is 44.5 Å². The SMILES string of the molecule is Cc1cc(OCC(=O)O)ccc1NC(=O)c1c(C)nn(C)c1C. The van der Waals surface area contributed by atoms with E-state index in [1.54, 1.807) is 36.9 Å². The number of aromatic nitrogens is 2. The number of hydrogen-bond acceptors (Lipinski definition) is 4. The Balaban J connectivity index is 2.17. The molecule has 1 aromatic heterocycles. The van der Waals surface area contributed by atoms with Gasteiger partial charge in [0, 0.05) is 18.4 Å². The molecule has 0 fully saturated rings. The average Bonchev–Trinajstić information content (AvgIpc) is 2.72. The quantitative estimate of drug-likeness (QED) is 0.880. The minimum absolute atomic E-state index is 0.226. The second-order valence-electron chi connectivity index (χ2n) is 5.28. The topological polar surface area (TPSA) is 93.4 Å². The van der Waals surface area contributed by atoms with Gasteiger partial charge in [0.15, 0.2) is 6.61 Å². The molecule has 2 aromatic rings. The number of carbonyl (C=O) groups excluding carboxylic acids is 1. The van der Waals surface area contributed by atoms with Gasteiger partial charge in [0.1, 0.15) is 5.75 Å². The van der Waals surface area contributed by atoms with Gasteiger partial charge in [0.2, 0.25) is 0 Å². The maximum atomic E-state index is 12.4. The van der Waals surface area contributed by atoms with E-state index < -0.39 is 12.6 Å². The van der Waals surface area contributed by atoms with Gasteiger partial charge in [-0.15, -0.1) is 0 Å². The molecule has 0 saturated heterocycles. The number of nitrogens with one attached hydrogen (secondary N) is 1. The molecule has 7 heteroatoms. The number of ether oxygens (including phenoxy) is 1. The van der Waals surface area contributed by atoms with Crippen LogP contribution in [0.25, 0.3) is 0 Å². The molecule has 2 N–H and O–H groups in total. The van der Waals surface area contributed by atoms with Crippen molar-refractivity contribution in [2.24, 2.45) is 7.05 Å². The molecule has 122 valence electrons. The van der Waals surface area contributed by atoms with E-state index in [4.69, 9.17) is 9.84 Å². The molecule has 1 heterocycles. The van der Waals surface area contributed by atoms with Gasteiger partial charge in [-0.25, -0.2) is 4.79 Å².